The minimum atomic E-state index is -0.207. The van der Waals surface area contributed by atoms with E-state index in [1.807, 2.05) is 48.5 Å². The normalized spacial score (nSPS) is 10.9. The van der Waals surface area contributed by atoms with E-state index in [0.717, 1.165) is 22.9 Å². The molecule has 4 N–H and O–H groups in total. The number of thioether (sulfide) groups is 1. The lowest BCUT2D eigenvalue weighted by atomic mass is 10.2. The lowest BCUT2D eigenvalue weighted by Crippen LogP contribution is -2.16. The van der Waals surface area contributed by atoms with Crippen LogP contribution < -0.4 is 26.1 Å². The van der Waals surface area contributed by atoms with Gasteiger partial charge in [0, 0.05) is 16.3 Å². The van der Waals surface area contributed by atoms with Crippen LogP contribution in [0, 0.1) is 0 Å². The molecule has 1 aromatic heterocycles. The van der Waals surface area contributed by atoms with Crippen molar-refractivity contribution < 1.29 is 14.3 Å². The molecule has 0 aliphatic carbocycles. The van der Waals surface area contributed by atoms with Gasteiger partial charge in [-0.1, -0.05) is 47.6 Å². The minimum absolute atomic E-state index is 0.100. The van der Waals surface area contributed by atoms with Crippen molar-refractivity contribution in [3.63, 3.8) is 0 Å². The quantitative estimate of drug-likeness (QED) is 0.111. The Balaban J connectivity index is 1.29. The van der Waals surface area contributed by atoms with Crippen molar-refractivity contribution in [1.29, 1.82) is 0 Å². The number of aromatic nitrogens is 3. The van der Waals surface area contributed by atoms with Crippen LogP contribution in [0.5, 0.6) is 11.5 Å². The first kappa shape index (κ1) is 25.9. The molecule has 0 atom stereocenters. The number of nitrogens with two attached hydrogens (primary N) is 1. The number of rotatable bonds is 11. The summed E-state index contributed by atoms with van der Waals surface area (Å²) in [6, 6.07) is 22.0. The summed E-state index contributed by atoms with van der Waals surface area (Å²) in [5.74, 6) is 7.54. The average molecular weight is 538 g/mol. The number of anilines is 2. The summed E-state index contributed by atoms with van der Waals surface area (Å²) in [7, 11) is 1.58. The highest BCUT2D eigenvalue weighted by molar-refractivity contribution is 7.99. The van der Waals surface area contributed by atoms with Gasteiger partial charge in [0.15, 0.2) is 0 Å². The Labute approximate surface area is 222 Å². The van der Waals surface area contributed by atoms with Crippen LogP contribution in [0.15, 0.2) is 83.1 Å². The van der Waals surface area contributed by atoms with E-state index in [9.17, 15) is 4.79 Å². The molecular weight excluding hydrogens is 514 g/mol. The van der Waals surface area contributed by atoms with Gasteiger partial charge in [-0.25, -0.2) is 10.1 Å². The lowest BCUT2D eigenvalue weighted by Gasteiger charge is -2.09. The minimum Gasteiger partial charge on any atom is -0.497 e. The van der Waals surface area contributed by atoms with E-state index in [2.05, 4.69) is 26.0 Å². The Morgan fingerprint density at radius 1 is 1.11 bits per heavy atom. The SMILES string of the molecule is COc1ccc(NC(=O)CSc2nnc(N/N=C/c3ccccc3OCc3ccc(Cl)cc3)n2N)cc1. The number of carbonyl (C=O) groups excluding carboxylic acids is 1. The predicted octanol–water partition coefficient (Wildman–Crippen LogP) is 4.41. The number of hydrogen-bond acceptors (Lipinski definition) is 9. The maximum Gasteiger partial charge on any atom is 0.264 e. The van der Waals surface area contributed by atoms with Gasteiger partial charge in [0.2, 0.25) is 11.1 Å². The first-order valence-electron chi connectivity index (χ1n) is 11.0. The van der Waals surface area contributed by atoms with Gasteiger partial charge in [-0.2, -0.15) is 5.10 Å². The molecule has 0 spiro atoms. The standard InChI is InChI=1S/C25H24ClN7O3S/c1-35-21-12-10-20(11-13-21)29-23(34)16-37-25-32-31-24(33(25)27)30-28-14-18-4-2-3-5-22(18)36-15-17-6-8-19(26)9-7-17/h2-14H,15-16,27H2,1H3,(H,29,34)(H,30,31)/b28-14+. The van der Waals surface area contributed by atoms with Gasteiger partial charge in [0.05, 0.1) is 19.1 Å². The van der Waals surface area contributed by atoms with E-state index >= 15 is 0 Å². The lowest BCUT2D eigenvalue weighted by molar-refractivity contribution is -0.113. The summed E-state index contributed by atoms with van der Waals surface area (Å²) < 4.78 is 12.3. The number of halogens is 1. The first-order valence-corrected chi connectivity index (χ1v) is 12.4. The third kappa shape index (κ3) is 7.38. The number of hydrogen-bond donors (Lipinski definition) is 3. The molecule has 12 heteroatoms. The van der Waals surface area contributed by atoms with Crippen molar-refractivity contribution in [1.82, 2.24) is 14.9 Å². The maximum atomic E-state index is 12.3. The van der Waals surface area contributed by atoms with Gasteiger partial charge >= 0.3 is 0 Å². The molecule has 0 radical (unpaired) electrons. The predicted molar refractivity (Wildman–Crippen MR) is 146 cm³/mol. The second-order valence-corrected chi connectivity index (χ2v) is 8.94. The molecule has 0 unspecified atom stereocenters. The number of hydrazone groups is 1. The second kappa shape index (κ2) is 12.7. The second-order valence-electron chi connectivity index (χ2n) is 7.56. The maximum absolute atomic E-state index is 12.3. The van der Waals surface area contributed by atoms with Crippen molar-refractivity contribution in [2.75, 3.05) is 29.4 Å². The molecule has 4 aromatic rings. The van der Waals surface area contributed by atoms with Crippen molar-refractivity contribution in [2.24, 2.45) is 5.10 Å². The van der Waals surface area contributed by atoms with Crippen LogP contribution >= 0.6 is 23.4 Å². The Kier molecular flexibility index (Phi) is 8.84. The van der Waals surface area contributed by atoms with Gasteiger partial charge < -0.3 is 20.6 Å². The molecule has 190 valence electrons. The van der Waals surface area contributed by atoms with Gasteiger partial charge in [0.1, 0.15) is 18.1 Å². The Bertz CT molecular complexity index is 1360. The Morgan fingerprint density at radius 2 is 1.86 bits per heavy atom. The number of para-hydroxylation sites is 1. The third-order valence-electron chi connectivity index (χ3n) is 4.97. The highest BCUT2D eigenvalue weighted by Gasteiger charge is 2.12. The summed E-state index contributed by atoms with van der Waals surface area (Å²) in [6.07, 6.45) is 1.60. The summed E-state index contributed by atoms with van der Waals surface area (Å²) >= 11 is 7.08. The molecule has 0 fully saturated rings. The van der Waals surface area contributed by atoms with Gasteiger partial charge in [-0.15, -0.1) is 10.2 Å². The fraction of sp³-hybridized carbons (Fsp3) is 0.120. The van der Waals surface area contributed by atoms with Crippen LogP contribution in [-0.2, 0) is 11.4 Å². The monoisotopic (exact) mass is 537 g/mol. The number of nitrogens with zero attached hydrogens (tertiary/aromatic N) is 4. The van der Waals surface area contributed by atoms with Crippen molar-refractivity contribution in [3.05, 3.63) is 88.9 Å². The number of benzene rings is 3. The van der Waals surface area contributed by atoms with Crippen LogP contribution in [0.1, 0.15) is 11.1 Å². The number of ether oxygens (including phenoxy) is 2. The zero-order valence-electron chi connectivity index (χ0n) is 19.8. The van der Waals surface area contributed by atoms with Crippen molar-refractivity contribution in [2.45, 2.75) is 11.8 Å². The number of amides is 1. The van der Waals surface area contributed by atoms with Crippen LogP contribution in [0.2, 0.25) is 5.02 Å². The van der Waals surface area contributed by atoms with Gasteiger partial charge in [0.25, 0.3) is 5.95 Å². The summed E-state index contributed by atoms with van der Waals surface area (Å²) in [5, 5.41) is 16.0. The fourth-order valence-corrected chi connectivity index (χ4v) is 3.86. The topological polar surface area (TPSA) is 129 Å². The molecule has 0 bridgehead atoms. The number of nitrogens with one attached hydrogen (secondary N) is 2. The molecule has 0 saturated carbocycles. The highest BCUT2D eigenvalue weighted by atomic mass is 35.5. The molecule has 1 amide bonds. The summed E-state index contributed by atoms with van der Waals surface area (Å²) in [6.45, 7) is 0.388. The average Bonchev–Trinajstić information content (AvgIpc) is 3.27. The van der Waals surface area contributed by atoms with E-state index in [1.165, 1.54) is 4.68 Å². The highest BCUT2D eigenvalue weighted by Crippen LogP contribution is 2.20. The Morgan fingerprint density at radius 3 is 2.62 bits per heavy atom. The van der Waals surface area contributed by atoms with E-state index in [0.29, 0.717) is 34.0 Å². The number of carbonyl (C=O) groups is 1. The van der Waals surface area contributed by atoms with Crippen molar-refractivity contribution >= 4 is 47.1 Å². The molecule has 1 heterocycles. The van der Waals surface area contributed by atoms with Crippen LogP contribution in [0.4, 0.5) is 11.6 Å². The largest absolute Gasteiger partial charge is 0.497 e. The van der Waals surface area contributed by atoms with Crippen LogP contribution in [-0.4, -0.2) is 39.9 Å². The molecule has 10 nitrogen and oxygen atoms in total. The van der Waals surface area contributed by atoms with Crippen molar-refractivity contribution in [3.8, 4) is 11.5 Å². The van der Waals surface area contributed by atoms with Crippen LogP contribution in [0.3, 0.4) is 0 Å². The number of nitrogen functional groups attached to an aromatic ring is 1. The third-order valence-corrected chi connectivity index (χ3v) is 6.16. The zero-order chi connectivity index (χ0) is 26.0. The van der Waals surface area contributed by atoms with E-state index < -0.39 is 0 Å². The summed E-state index contributed by atoms with van der Waals surface area (Å²) in [4.78, 5) is 12.3. The molecule has 0 aliphatic rings. The number of methoxy groups -OCH3 is 1. The fourth-order valence-electron chi connectivity index (χ4n) is 3.07. The van der Waals surface area contributed by atoms with Gasteiger partial charge in [-0.3, -0.25) is 4.79 Å². The van der Waals surface area contributed by atoms with E-state index in [1.54, 1.807) is 37.6 Å². The van der Waals surface area contributed by atoms with E-state index in [-0.39, 0.29) is 17.6 Å². The Hall–Kier alpha value is -4.22. The van der Waals surface area contributed by atoms with Crippen LogP contribution in [0.25, 0.3) is 0 Å². The molecule has 37 heavy (non-hydrogen) atoms. The summed E-state index contributed by atoms with van der Waals surface area (Å²) in [5.41, 5.74) is 5.18. The molecule has 4 rings (SSSR count). The molecule has 0 saturated heterocycles. The first-order chi connectivity index (χ1) is 18.0. The molecule has 0 aliphatic heterocycles. The molecule has 3 aromatic carbocycles. The van der Waals surface area contributed by atoms with E-state index in [4.69, 9.17) is 26.9 Å². The van der Waals surface area contributed by atoms with Gasteiger partial charge in [-0.05, 0) is 54.1 Å². The molecular formula is C25H24ClN7O3S. The zero-order valence-corrected chi connectivity index (χ0v) is 21.4. The smallest absolute Gasteiger partial charge is 0.264 e.